The van der Waals surface area contributed by atoms with E-state index in [9.17, 15) is 16.8 Å². The Labute approximate surface area is 150 Å². The van der Waals surface area contributed by atoms with Gasteiger partial charge in [-0.05, 0) is 38.1 Å². The van der Waals surface area contributed by atoms with Crippen molar-refractivity contribution < 1.29 is 47.0 Å². The Kier molecular flexibility index (Phi) is 8.31. The maximum atomic E-state index is 10.5. The van der Waals surface area contributed by atoms with Gasteiger partial charge in [0.1, 0.15) is 0 Å². The Bertz CT molecular complexity index is 752. The molecule has 2 N–H and O–H groups in total. The molecule has 0 unspecified atom stereocenters. The van der Waals surface area contributed by atoms with Gasteiger partial charge in [0.05, 0.1) is 9.79 Å². The Morgan fingerprint density at radius 2 is 0.826 bits per heavy atom. The fraction of sp³-hybridized carbons (Fsp3) is 0.143. The second-order valence-electron chi connectivity index (χ2n) is 4.58. The van der Waals surface area contributed by atoms with Gasteiger partial charge in [-0.2, -0.15) is 16.8 Å². The van der Waals surface area contributed by atoms with Crippen LogP contribution in [0.25, 0.3) is 0 Å². The van der Waals surface area contributed by atoms with Crippen LogP contribution in [0, 0.1) is 13.8 Å². The van der Waals surface area contributed by atoms with Crippen LogP contribution in [-0.4, -0.2) is 25.9 Å². The molecule has 0 aromatic heterocycles. The summed E-state index contributed by atoms with van der Waals surface area (Å²) in [5.74, 6) is 0. The van der Waals surface area contributed by atoms with E-state index in [4.69, 9.17) is 9.11 Å². The van der Waals surface area contributed by atoms with Gasteiger partial charge in [-0.25, -0.2) is 0 Å². The minimum Gasteiger partial charge on any atom is -0.282 e. The maximum absolute atomic E-state index is 10.5. The van der Waals surface area contributed by atoms with Gasteiger partial charge in [0.15, 0.2) is 0 Å². The molecule has 0 amide bonds. The van der Waals surface area contributed by atoms with Gasteiger partial charge in [0, 0.05) is 21.1 Å². The molecule has 2 aromatic rings. The molecule has 0 aliphatic carbocycles. The van der Waals surface area contributed by atoms with Gasteiger partial charge >= 0.3 is 0 Å². The van der Waals surface area contributed by atoms with Crippen LogP contribution in [0.4, 0.5) is 0 Å². The molecule has 0 radical (unpaired) electrons. The summed E-state index contributed by atoms with van der Waals surface area (Å²) in [5.41, 5.74) is 1.91. The Morgan fingerprint density at radius 1 is 0.609 bits per heavy atom. The largest absolute Gasteiger partial charge is 0.294 e. The third-order valence-electron chi connectivity index (χ3n) is 2.64. The van der Waals surface area contributed by atoms with E-state index >= 15 is 0 Å². The first-order valence-electron chi connectivity index (χ1n) is 6.08. The summed E-state index contributed by atoms with van der Waals surface area (Å²) >= 11 is 0. The third-order valence-corrected chi connectivity index (χ3v) is 4.37. The first-order chi connectivity index (χ1) is 10.00. The van der Waals surface area contributed by atoms with Crippen molar-refractivity contribution >= 4 is 20.2 Å². The SMILES string of the molecule is Cc1ccc(S(=O)(=O)O)cc1.Cc1ccc(S(=O)(=O)O)cc1.[Pt]. The molecule has 2 rings (SSSR count). The van der Waals surface area contributed by atoms with Gasteiger partial charge in [0.25, 0.3) is 20.2 Å². The zero-order chi connectivity index (χ0) is 17.0. The summed E-state index contributed by atoms with van der Waals surface area (Å²) in [6.07, 6.45) is 0. The van der Waals surface area contributed by atoms with E-state index in [1.54, 1.807) is 24.3 Å². The third kappa shape index (κ3) is 7.85. The average Bonchev–Trinajstić information content (AvgIpc) is 2.38. The van der Waals surface area contributed by atoms with Gasteiger partial charge in [-0.3, -0.25) is 9.11 Å². The first kappa shape index (κ1) is 21.9. The molecule has 0 atom stereocenters. The van der Waals surface area contributed by atoms with E-state index < -0.39 is 20.2 Å². The molecule has 0 saturated carbocycles. The molecule has 2 aromatic carbocycles. The Hall–Kier alpha value is -1.05. The molecule has 23 heavy (non-hydrogen) atoms. The van der Waals surface area contributed by atoms with Crippen LogP contribution in [-0.2, 0) is 41.3 Å². The summed E-state index contributed by atoms with van der Waals surface area (Å²) in [7, 11) is -8.04. The summed E-state index contributed by atoms with van der Waals surface area (Å²) in [6.45, 7) is 3.68. The zero-order valence-corrected chi connectivity index (χ0v) is 16.2. The number of hydrogen-bond acceptors (Lipinski definition) is 4. The second-order valence-corrected chi connectivity index (χ2v) is 7.42. The molecule has 130 valence electrons. The van der Waals surface area contributed by atoms with Crippen molar-refractivity contribution in [1.82, 2.24) is 0 Å². The summed E-state index contributed by atoms with van der Waals surface area (Å²) in [4.78, 5) is -0.133. The van der Waals surface area contributed by atoms with E-state index in [-0.39, 0.29) is 30.9 Å². The normalized spacial score (nSPS) is 11.0. The topological polar surface area (TPSA) is 109 Å². The molecule has 9 heteroatoms. The quantitative estimate of drug-likeness (QED) is 0.568. The van der Waals surface area contributed by atoms with E-state index in [1.807, 2.05) is 13.8 Å². The van der Waals surface area contributed by atoms with Crippen LogP contribution in [0.5, 0.6) is 0 Å². The Morgan fingerprint density at radius 3 is 1.00 bits per heavy atom. The van der Waals surface area contributed by atoms with Crippen molar-refractivity contribution in [2.24, 2.45) is 0 Å². The van der Waals surface area contributed by atoms with Crippen LogP contribution in [0.3, 0.4) is 0 Å². The fourth-order valence-electron chi connectivity index (χ4n) is 1.42. The standard InChI is InChI=1S/2C7H8O3S.Pt/c2*1-6-2-4-7(5-3-6)11(8,9)10;/h2*2-5H,1H3,(H,8,9,10);. The van der Waals surface area contributed by atoms with Crippen LogP contribution in [0.1, 0.15) is 11.1 Å². The van der Waals surface area contributed by atoms with Crippen molar-refractivity contribution in [2.45, 2.75) is 23.6 Å². The molecule has 0 bridgehead atoms. The molecular weight excluding hydrogens is 523 g/mol. The molecule has 0 heterocycles. The molecule has 0 spiro atoms. The molecule has 0 aliphatic rings. The molecule has 0 aliphatic heterocycles. The molecule has 0 saturated heterocycles. The molecule has 0 fully saturated rings. The van der Waals surface area contributed by atoms with Gasteiger partial charge in [-0.1, -0.05) is 35.4 Å². The van der Waals surface area contributed by atoms with Crippen molar-refractivity contribution in [2.75, 3.05) is 0 Å². The van der Waals surface area contributed by atoms with Crippen LogP contribution < -0.4 is 0 Å². The predicted molar refractivity (Wildman–Crippen MR) is 82.0 cm³/mol. The van der Waals surface area contributed by atoms with Gasteiger partial charge in [-0.15, -0.1) is 0 Å². The average molecular weight is 539 g/mol. The fourth-order valence-corrected chi connectivity index (χ4v) is 2.38. The van der Waals surface area contributed by atoms with E-state index in [2.05, 4.69) is 0 Å². The van der Waals surface area contributed by atoms with Gasteiger partial charge in [0.2, 0.25) is 0 Å². The van der Waals surface area contributed by atoms with Crippen molar-refractivity contribution in [3.8, 4) is 0 Å². The minimum atomic E-state index is -4.02. The molecular formula is C14H16O6PtS2. The summed E-state index contributed by atoms with van der Waals surface area (Å²) in [6, 6.07) is 12.0. The first-order valence-corrected chi connectivity index (χ1v) is 8.96. The van der Waals surface area contributed by atoms with E-state index in [1.165, 1.54) is 24.3 Å². The Balaban J connectivity index is 0.000000403. The number of rotatable bonds is 2. The predicted octanol–water partition coefficient (Wildman–Crippen LogP) is 2.48. The van der Waals surface area contributed by atoms with Crippen LogP contribution in [0.2, 0.25) is 0 Å². The van der Waals surface area contributed by atoms with E-state index in [0.717, 1.165) is 11.1 Å². The number of aryl methyl sites for hydroxylation is 2. The summed E-state index contributed by atoms with van der Waals surface area (Å²) in [5, 5.41) is 0. The number of benzene rings is 2. The van der Waals surface area contributed by atoms with Crippen molar-refractivity contribution in [1.29, 1.82) is 0 Å². The van der Waals surface area contributed by atoms with Crippen molar-refractivity contribution in [3.05, 3.63) is 59.7 Å². The number of hydrogen-bond donors (Lipinski definition) is 2. The smallest absolute Gasteiger partial charge is 0.282 e. The zero-order valence-electron chi connectivity index (χ0n) is 12.3. The van der Waals surface area contributed by atoms with Crippen molar-refractivity contribution in [3.63, 3.8) is 0 Å². The van der Waals surface area contributed by atoms with Crippen LogP contribution >= 0.6 is 0 Å². The van der Waals surface area contributed by atoms with Crippen LogP contribution in [0.15, 0.2) is 58.3 Å². The van der Waals surface area contributed by atoms with E-state index in [0.29, 0.717) is 0 Å². The summed E-state index contributed by atoms with van der Waals surface area (Å²) < 4.78 is 59.1. The minimum absolute atomic E-state index is 0. The van der Waals surface area contributed by atoms with Gasteiger partial charge < -0.3 is 0 Å². The maximum Gasteiger partial charge on any atom is 0.294 e. The second kappa shape index (κ2) is 8.70. The molecule has 6 nitrogen and oxygen atoms in total. The monoisotopic (exact) mass is 539 g/mol.